The van der Waals surface area contributed by atoms with Crippen molar-refractivity contribution in [1.82, 2.24) is 0 Å². The second kappa shape index (κ2) is 32.1. The predicted octanol–water partition coefficient (Wildman–Crippen LogP) is 1.29. The Morgan fingerprint density at radius 2 is 1.20 bits per heavy atom. The van der Waals surface area contributed by atoms with Gasteiger partial charge >= 0.3 is 54.3 Å². The van der Waals surface area contributed by atoms with Crippen LogP contribution in [0.25, 0.3) is 0 Å². The third-order valence-corrected chi connectivity index (χ3v) is 0. The van der Waals surface area contributed by atoms with Crippen LogP contribution in [0, 0.1) is 0 Å². The van der Waals surface area contributed by atoms with E-state index >= 15 is 0 Å². The van der Waals surface area contributed by atoms with Crippen molar-refractivity contribution in [3.8, 4) is 0 Å². The van der Waals surface area contributed by atoms with Gasteiger partial charge in [-0.05, 0) is 0 Å². The van der Waals surface area contributed by atoms with Crippen molar-refractivity contribution in [3.05, 3.63) is 0 Å². The zero-order valence-electron chi connectivity index (χ0n) is 2.17. The monoisotopic (exact) mass is 347 g/mol. The van der Waals surface area contributed by atoms with Gasteiger partial charge in [0.1, 0.15) is 0 Å². The molecule has 0 saturated heterocycles. The molecule has 0 nitrogen and oxygen atoms in total. The van der Waals surface area contributed by atoms with Gasteiger partial charge < -0.3 is 0 Å². The number of hydrogen-bond acceptors (Lipinski definition) is 2. The summed E-state index contributed by atoms with van der Waals surface area (Å²) >= 11 is 3.48. The largest absolute Gasteiger partial charge is 0 e. The number of rotatable bonds is 0. The van der Waals surface area contributed by atoms with Crippen LogP contribution in [0.5, 0.6) is 0 Å². The van der Waals surface area contributed by atoms with Gasteiger partial charge in [-0.15, -0.1) is 0 Å². The molecule has 0 spiro atoms. The fourth-order valence-corrected chi connectivity index (χ4v) is 0. The van der Waals surface area contributed by atoms with E-state index in [4.69, 9.17) is 0 Å². The van der Waals surface area contributed by atoms with Gasteiger partial charge in [-0.2, -0.15) is 0 Å². The van der Waals surface area contributed by atoms with Crippen LogP contribution in [0.15, 0.2) is 0 Å². The quantitative estimate of drug-likeness (QED) is 0.606. The minimum absolute atomic E-state index is 0. The van der Waals surface area contributed by atoms with Crippen LogP contribution < -0.4 is 0 Å². The van der Waals surface area contributed by atoms with Gasteiger partial charge in [-0.3, -0.25) is 0 Å². The van der Waals surface area contributed by atoms with Gasteiger partial charge in [-0.25, -0.2) is 0 Å². The van der Waals surface area contributed by atoms with Crippen LogP contribution in [0.2, 0.25) is 0 Å². The molecule has 0 aliphatic carbocycles. The maximum Gasteiger partial charge on any atom is 0 e. The average molecular weight is 347 g/mol. The van der Waals surface area contributed by atoms with E-state index in [2.05, 4.69) is 20.0 Å². The van der Waals surface area contributed by atoms with E-state index < -0.39 is 0 Å². The van der Waals surface area contributed by atoms with Crippen molar-refractivity contribution < 1.29 is 55.4 Å². The van der Waals surface area contributed by atoms with Gasteiger partial charge in [0.2, 0.25) is 0 Å². The molecule has 0 N–H and O–H groups in total. The normalized spacial score (nSPS) is 1.20. The minimum Gasteiger partial charge on any atom is 0 e. The van der Waals surface area contributed by atoms with E-state index in [1.54, 1.807) is 18.6 Å². The van der Waals surface area contributed by atoms with E-state index in [-0.39, 0.29) is 21.1 Å². The Morgan fingerprint density at radius 3 is 1.20 bits per heavy atom. The van der Waals surface area contributed by atoms with Crippen LogP contribution in [-0.2, 0) is 55.4 Å². The summed E-state index contributed by atoms with van der Waals surface area (Å²) in [6, 6.07) is 0. The molecule has 0 aliphatic rings. The Labute approximate surface area is 74.2 Å². The van der Waals surface area contributed by atoms with E-state index in [1.165, 1.54) is 0 Å². The summed E-state index contributed by atoms with van der Waals surface area (Å²) in [7, 11) is 8.10. The summed E-state index contributed by atoms with van der Waals surface area (Å²) in [6.45, 7) is 0. The number of hydrogen-bond donors (Lipinski definition) is 0. The molecule has 0 saturated carbocycles. The molecule has 0 aromatic rings. The Morgan fingerprint density at radius 1 is 1.20 bits per heavy atom. The molecule has 0 aromatic heterocycles. The van der Waals surface area contributed by atoms with Crippen LogP contribution in [0.4, 0.5) is 0 Å². The van der Waals surface area contributed by atoms with E-state index in [1.807, 2.05) is 15.7 Å². The van der Waals surface area contributed by atoms with Crippen LogP contribution in [-0.4, -0.2) is 0 Å². The van der Waals surface area contributed by atoms with Gasteiger partial charge in [-0.1, -0.05) is 0 Å². The smallest absolute Gasteiger partial charge is 0 e. The average Bonchev–Trinajstić information content (AvgIpc) is 1.50. The first-order valence-electron chi connectivity index (χ1n) is 0.387. The standard InChI is InChI=1S/2S.Ti.V.W. The summed E-state index contributed by atoms with van der Waals surface area (Å²) < 4.78 is 0. The van der Waals surface area contributed by atoms with Crippen LogP contribution in [0.3, 0.4) is 0 Å². The molecule has 0 radical (unpaired) electrons. The molecule has 0 bridgehead atoms. The molecule has 0 heterocycles. The Bertz CT molecular complexity index is 11.6. The maximum atomic E-state index is 4.08. The van der Waals surface area contributed by atoms with Gasteiger partial charge in [0.15, 0.2) is 0 Å². The van der Waals surface area contributed by atoms with Gasteiger partial charge in [0.05, 0.1) is 0 Å². The van der Waals surface area contributed by atoms with E-state index in [0.29, 0.717) is 0 Å². The van der Waals surface area contributed by atoms with E-state index in [0.717, 1.165) is 0 Å². The summed E-state index contributed by atoms with van der Waals surface area (Å²) in [5.41, 5.74) is 0. The molecule has 5 heteroatoms. The Kier molecular flexibility index (Phi) is 101. The summed E-state index contributed by atoms with van der Waals surface area (Å²) in [5, 5.41) is 0. The molecule has 0 amide bonds. The first-order chi connectivity index (χ1) is 2.00. The zero-order chi connectivity index (χ0) is 4.00. The van der Waals surface area contributed by atoms with Crippen molar-refractivity contribution in [2.75, 3.05) is 0 Å². The summed E-state index contributed by atoms with van der Waals surface area (Å²) in [5.74, 6) is 0. The summed E-state index contributed by atoms with van der Waals surface area (Å²) in [6.07, 6.45) is 0. The maximum absolute atomic E-state index is 4.08. The molecule has 0 fully saturated rings. The van der Waals surface area contributed by atoms with Crippen molar-refractivity contribution >= 4 is 20.0 Å². The van der Waals surface area contributed by atoms with E-state index in [9.17, 15) is 0 Å². The van der Waals surface area contributed by atoms with Crippen molar-refractivity contribution in [3.63, 3.8) is 0 Å². The first kappa shape index (κ1) is 15.7. The van der Waals surface area contributed by atoms with Gasteiger partial charge in [0, 0.05) is 21.1 Å². The molecule has 0 rings (SSSR count). The second-order valence-corrected chi connectivity index (χ2v) is 0. The molecule has 0 atom stereocenters. The van der Waals surface area contributed by atoms with Crippen LogP contribution >= 0.6 is 20.0 Å². The second-order valence-electron chi connectivity index (χ2n) is 0. The fraction of sp³-hybridized carbons (Fsp3) is 0. The molecule has 27 valence electrons. The van der Waals surface area contributed by atoms with Crippen LogP contribution in [0.1, 0.15) is 0 Å². The fourth-order valence-electron chi connectivity index (χ4n) is 0. The molecular formula is S2TiVW. The van der Waals surface area contributed by atoms with Crippen molar-refractivity contribution in [2.45, 2.75) is 0 Å². The SMILES string of the molecule is [S]=[Ti].[S]=[V].[W]. The molecule has 5 heavy (non-hydrogen) atoms. The zero-order valence-corrected chi connectivity index (χ0v) is 9.70. The third kappa shape index (κ3) is 21.4. The minimum atomic E-state index is 0. The van der Waals surface area contributed by atoms with Gasteiger partial charge in [0.25, 0.3) is 0 Å². The third-order valence-electron chi connectivity index (χ3n) is 0. The Hall–Kier alpha value is 2.43. The molecular weight excluding hydrogens is 347 g/mol. The predicted molar refractivity (Wildman–Crippen MR) is 15.2 cm³/mol. The van der Waals surface area contributed by atoms with Crippen molar-refractivity contribution in [2.24, 2.45) is 0 Å². The topological polar surface area (TPSA) is 0 Å². The Balaban J connectivity index is -0.0000000133. The molecule has 0 aliphatic heterocycles. The first-order valence-corrected chi connectivity index (χ1v) is 4.78. The molecule has 0 aromatic carbocycles. The molecule has 0 unspecified atom stereocenters. The van der Waals surface area contributed by atoms with Crippen molar-refractivity contribution in [1.29, 1.82) is 0 Å². The summed E-state index contributed by atoms with van der Waals surface area (Å²) in [4.78, 5) is 0.